The Morgan fingerprint density at radius 2 is 1.82 bits per heavy atom. The number of carbonyl (C=O) groups is 1. The topological polar surface area (TPSA) is 46.0 Å². The minimum atomic E-state index is 0.0806. The first-order valence-electron chi connectivity index (χ1n) is 10.2. The van der Waals surface area contributed by atoms with E-state index in [1.54, 1.807) is 7.11 Å². The smallest absolute Gasteiger partial charge is 0.279 e. The molecule has 150 valence electrons. The van der Waals surface area contributed by atoms with Crippen molar-refractivity contribution < 1.29 is 14.4 Å². The van der Waals surface area contributed by atoms with E-state index in [4.69, 9.17) is 4.74 Å². The normalized spacial score (nSPS) is 15.9. The first-order chi connectivity index (χ1) is 13.6. The molecule has 1 saturated heterocycles. The lowest BCUT2D eigenvalue weighted by atomic mass is 9.99. The van der Waals surface area contributed by atoms with Gasteiger partial charge in [-0.05, 0) is 42.2 Å². The van der Waals surface area contributed by atoms with Gasteiger partial charge in [-0.15, -0.1) is 0 Å². The Labute approximate surface area is 168 Å². The second kappa shape index (κ2) is 9.60. The average molecular weight is 383 g/mol. The molecule has 28 heavy (non-hydrogen) atoms. The van der Waals surface area contributed by atoms with Crippen molar-refractivity contribution in [3.05, 3.63) is 54.1 Å². The van der Waals surface area contributed by atoms with Crippen molar-refractivity contribution in [2.75, 3.05) is 50.1 Å². The van der Waals surface area contributed by atoms with Crippen molar-refractivity contribution in [3.8, 4) is 5.75 Å². The van der Waals surface area contributed by atoms with Gasteiger partial charge in [0.15, 0.2) is 6.54 Å². The summed E-state index contributed by atoms with van der Waals surface area (Å²) >= 11 is 0. The number of ether oxygens (including phenoxy) is 1. The Bertz CT molecular complexity index is 768. The van der Waals surface area contributed by atoms with Gasteiger partial charge in [0, 0.05) is 5.69 Å². The number of hydrogen-bond acceptors (Lipinski definition) is 3. The zero-order chi connectivity index (χ0) is 19.9. The lowest BCUT2D eigenvalue weighted by Gasteiger charge is -2.34. The Kier molecular flexibility index (Phi) is 6.93. The molecule has 1 amide bonds. The summed E-state index contributed by atoms with van der Waals surface area (Å²) in [6.07, 6.45) is 1.12. The van der Waals surface area contributed by atoms with E-state index in [-0.39, 0.29) is 5.91 Å². The molecule has 1 aliphatic heterocycles. The van der Waals surface area contributed by atoms with Crippen LogP contribution in [0.2, 0.25) is 0 Å². The fraction of sp³-hybridized carbons (Fsp3) is 0.435. The minimum Gasteiger partial charge on any atom is -0.495 e. The largest absolute Gasteiger partial charge is 0.495 e. The number of anilines is 2. The molecule has 2 N–H and O–H groups in total. The monoisotopic (exact) mass is 382 g/mol. The number of para-hydroxylation sites is 2. The summed E-state index contributed by atoms with van der Waals surface area (Å²) in [5.74, 6) is 1.54. The molecule has 1 atom stereocenters. The number of hydrogen-bond donors (Lipinski definition) is 2. The summed E-state index contributed by atoms with van der Waals surface area (Å²) in [5, 5.41) is 3.04. The lowest BCUT2D eigenvalue weighted by molar-refractivity contribution is -0.892. The quantitative estimate of drug-likeness (QED) is 0.774. The first-order valence-corrected chi connectivity index (χ1v) is 10.2. The number of piperazine rings is 1. The van der Waals surface area contributed by atoms with E-state index in [2.05, 4.69) is 42.3 Å². The number of methoxy groups -OCH3 is 1. The van der Waals surface area contributed by atoms with Crippen LogP contribution in [0.3, 0.4) is 0 Å². The van der Waals surface area contributed by atoms with Crippen LogP contribution in [0.1, 0.15) is 31.7 Å². The standard InChI is InChI=1S/C23H31N3O2/c1-4-18(2)19-9-11-20(12-10-19)24-23(27)17-25-13-15-26(16-14-25)21-7-5-6-8-22(21)28-3/h5-12,18H,4,13-17H2,1-3H3,(H,24,27)/p+1/t18-/m0/s1. The van der Waals surface area contributed by atoms with E-state index < -0.39 is 0 Å². The molecule has 1 fully saturated rings. The molecule has 2 aromatic carbocycles. The zero-order valence-corrected chi connectivity index (χ0v) is 17.2. The van der Waals surface area contributed by atoms with Crippen molar-refractivity contribution >= 4 is 17.3 Å². The summed E-state index contributed by atoms with van der Waals surface area (Å²) in [6, 6.07) is 16.4. The third-order valence-electron chi connectivity index (χ3n) is 5.68. The van der Waals surface area contributed by atoms with Gasteiger partial charge in [0.1, 0.15) is 5.75 Å². The van der Waals surface area contributed by atoms with Crippen LogP contribution >= 0.6 is 0 Å². The van der Waals surface area contributed by atoms with Gasteiger partial charge in [-0.1, -0.05) is 38.1 Å². The molecular weight excluding hydrogens is 350 g/mol. The van der Waals surface area contributed by atoms with E-state index in [9.17, 15) is 4.79 Å². The minimum absolute atomic E-state index is 0.0806. The van der Waals surface area contributed by atoms with Crippen LogP contribution in [0.15, 0.2) is 48.5 Å². The molecule has 1 heterocycles. The highest BCUT2D eigenvalue weighted by Gasteiger charge is 2.23. The van der Waals surface area contributed by atoms with Gasteiger partial charge in [-0.2, -0.15) is 0 Å². The van der Waals surface area contributed by atoms with Crippen LogP contribution in [0.4, 0.5) is 11.4 Å². The number of benzene rings is 2. The summed E-state index contributed by atoms with van der Waals surface area (Å²) in [6.45, 7) is 8.65. The van der Waals surface area contributed by atoms with E-state index in [0.29, 0.717) is 12.5 Å². The van der Waals surface area contributed by atoms with Gasteiger partial charge >= 0.3 is 0 Å². The molecule has 0 saturated carbocycles. The molecule has 0 aromatic heterocycles. The maximum absolute atomic E-state index is 12.4. The van der Waals surface area contributed by atoms with Gasteiger partial charge in [-0.25, -0.2) is 0 Å². The molecule has 3 rings (SSSR count). The van der Waals surface area contributed by atoms with E-state index in [1.165, 1.54) is 10.5 Å². The van der Waals surface area contributed by atoms with Crippen LogP contribution in [0, 0.1) is 0 Å². The second-order valence-electron chi connectivity index (χ2n) is 7.57. The Morgan fingerprint density at radius 1 is 1.14 bits per heavy atom. The fourth-order valence-corrected chi connectivity index (χ4v) is 3.69. The summed E-state index contributed by atoms with van der Waals surface area (Å²) in [7, 11) is 1.71. The molecule has 0 spiro atoms. The van der Waals surface area contributed by atoms with Crippen molar-refractivity contribution in [3.63, 3.8) is 0 Å². The summed E-state index contributed by atoms with van der Waals surface area (Å²) in [4.78, 5) is 16.1. The molecule has 0 unspecified atom stereocenters. The number of nitrogens with one attached hydrogen (secondary N) is 2. The number of carbonyl (C=O) groups excluding carboxylic acids is 1. The Morgan fingerprint density at radius 3 is 2.46 bits per heavy atom. The van der Waals surface area contributed by atoms with Crippen molar-refractivity contribution in [2.45, 2.75) is 26.2 Å². The van der Waals surface area contributed by atoms with Gasteiger partial charge < -0.3 is 19.9 Å². The fourth-order valence-electron chi connectivity index (χ4n) is 3.69. The van der Waals surface area contributed by atoms with Gasteiger partial charge in [0.05, 0.1) is 39.0 Å². The van der Waals surface area contributed by atoms with Crippen LogP contribution < -0.4 is 19.9 Å². The predicted octanol–water partition coefficient (Wildman–Crippen LogP) is 2.55. The second-order valence-corrected chi connectivity index (χ2v) is 7.57. The molecule has 2 aromatic rings. The highest BCUT2D eigenvalue weighted by molar-refractivity contribution is 5.91. The lowest BCUT2D eigenvalue weighted by Crippen LogP contribution is -3.15. The molecule has 5 heteroatoms. The van der Waals surface area contributed by atoms with Crippen LogP contribution in [0.25, 0.3) is 0 Å². The number of nitrogens with zero attached hydrogens (tertiary/aromatic N) is 1. The zero-order valence-electron chi connectivity index (χ0n) is 17.2. The summed E-state index contributed by atoms with van der Waals surface area (Å²) in [5.41, 5.74) is 3.33. The van der Waals surface area contributed by atoms with Crippen molar-refractivity contribution in [2.24, 2.45) is 0 Å². The SMILES string of the molecule is CC[C@H](C)c1ccc(NC(=O)C[NH+]2CCN(c3ccccc3OC)CC2)cc1. The Hall–Kier alpha value is -2.53. The molecule has 0 bridgehead atoms. The van der Waals surface area contributed by atoms with E-state index in [0.717, 1.165) is 49.7 Å². The average Bonchev–Trinajstić information content (AvgIpc) is 2.74. The van der Waals surface area contributed by atoms with Crippen LogP contribution in [-0.4, -0.2) is 45.7 Å². The third-order valence-corrected chi connectivity index (χ3v) is 5.68. The van der Waals surface area contributed by atoms with E-state index >= 15 is 0 Å². The summed E-state index contributed by atoms with van der Waals surface area (Å²) < 4.78 is 5.47. The molecule has 0 aliphatic carbocycles. The van der Waals surface area contributed by atoms with Gasteiger partial charge in [0.2, 0.25) is 0 Å². The molecule has 5 nitrogen and oxygen atoms in total. The maximum atomic E-state index is 12.4. The first kappa shape index (κ1) is 20.2. The third kappa shape index (κ3) is 5.04. The van der Waals surface area contributed by atoms with Crippen LogP contribution in [-0.2, 0) is 4.79 Å². The maximum Gasteiger partial charge on any atom is 0.279 e. The molecule has 0 radical (unpaired) electrons. The van der Waals surface area contributed by atoms with Gasteiger partial charge in [0.25, 0.3) is 5.91 Å². The predicted molar refractivity (Wildman–Crippen MR) is 115 cm³/mol. The van der Waals surface area contributed by atoms with Gasteiger partial charge in [-0.3, -0.25) is 4.79 Å². The number of quaternary nitrogens is 1. The van der Waals surface area contributed by atoms with Crippen molar-refractivity contribution in [1.29, 1.82) is 0 Å². The Balaban J connectivity index is 1.48. The van der Waals surface area contributed by atoms with Crippen molar-refractivity contribution in [1.82, 2.24) is 0 Å². The number of amides is 1. The molecule has 1 aliphatic rings. The highest BCUT2D eigenvalue weighted by atomic mass is 16.5. The number of rotatable bonds is 7. The highest BCUT2D eigenvalue weighted by Crippen LogP contribution is 2.27. The van der Waals surface area contributed by atoms with Crippen LogP contribution in [0.5, 0.6) is 5.75 Å². The molecular formula is C23H32N3O2+. The van der Waals surface area contributed by atoms with E-state index in [1.807, 2.05) is 30.3 Å².